The lowest BCUT2D eigenvalue weighted by Crippen LogP contribution is -2.44. The van der Waals surface area contributed by atoms with Gasteiger partial charge >= 0.3 is 6.18 Å². The van der Waals surface area contributed by atoms with Crippen LogP contribution in [0.5, 0.6) is 11.1 Å². The van der Waals surface area contributed by atoms with E-state index in [-0.39, 0.29) is 29.6 Å². The van der Waals surface area contributed by atoms with Crippen LogP contribution in [0.3, 0.4) is 0 Å². The molecule has 0 bridgehead atoms. The second-order valence-corrected chi connectivity index (χ2v) is 11.0. The van der Waals surface area contributed by atoms with Gasteiger partial charge in [-0.1, -0.05) is 11.3 Å². The summed E-state index contributed by atoms with van der Waals surface area (Å²) in [6, 6.07) is -0.0770. The molecule has 1 aliphatic carbocycles. The average molecular weight is 560 g/mol. The van der Waals surface area contributed by atoms with Gasteiger partial charge in [0.2, 0.25) is 5.88 Å². The molecule has 0 saturated heterocycles. The molecule has 1 N–H and O–H groups in total. The normalized spacial score (nSPS) is 22.4. The molecule has 8 nitrogen and oxygen atoms in total. The van der Waals surface area contributed by atoms with Crippen molar-refractivity contribution in [2.45, 2.75) is 76.2 Å². The van der Waals surface area contributed by atoms with Crippen molar-refractivity contribution in [1.29, 1.82) is 0 Å². The first-order chi connectivity index (χ1) is 18.1. The Kier molecular flexibility index (Phi) is 9.40. The summed E-state index contributed by atoms with van der Waals surface area (Å²) in [5.41, 5.74) is 0.363. The summed E-state index contributed by atoms with van der Waals surface area (Å²) in [5, 5.41) is 3.21. The molecule has 4 rings (SSSR count). The third-order valence-corrected chi connectivity index (χ3v) is 7.99. The Bertz CT molecular complexity index is 1030. The fraction of sp³-hybridized carbons (Fsp3) is 0.680. The minimum atomic E-state index is -4.25. The summed E-state index contributed by atoms with van der Waals surface area (Å²) in [6.45, 7) is 3.32. The van der Waals surface area contributed by atoms with Crippen molar-refractivity contribution in [2.75, 3.05) is 32.8 Å². The summed E-state index contributed by atoms with van der Waals surface area (Å²) in [7, 11) is 0. The Labute approximate surface area is 223 Å². The van der Waals surface area contributed by atoms with Gasteiger partial charge in [0.15, 0.2) is 6.61 Å². The standard InChI is InChI=1S/C25H33F4N5O3S/c1-17-14-31-22(15-30-17)37-16-21(35)32-18-2-6-24(26,7-3-18)8-12-34-10-4-19-20(5-11-34)38-23(33-19)36-13-9-25(27,28)29/h14-15,18H,2-13,16H2,1H3,(H,32,35)/t18-,24+. The van der Waals surface area contributed by atoms with Crippen LogP contribution in [0, 0.1) is 6.92 Å². The van der Waals surface area contributed by atoms with Gasteiger partial charge in [0.05, 0.1) is 36.8 Å². The number of aromatic nitrogens is 3. The maximum atomic E-state index is 15.5. The Balaban J connectivity index is 1.13. The van der Waals surface area contributed by atoms with Gasteiger partial charge in [0.25, 0.3) is 11.1 Å². The van der Waals surface area contributed by atoms with Gasteiger partial charge in [-0.3, -0.25) is 9.78 Å². The lowest BCUT2D eigenvalue weighted by Gasteiger charge is -2.35. The van der Waals surface area contributed by atoms with Crippen molar-refractivity contribution in [3.05, 3.63) is 28.7 Å². The minimum Gasteiger partial charge on any atom is -0.470 e. The number of rotatable bonds is 10. The van der Waals surface area contributed by atoms with Crippen molar-refractivity contribution >= 4 is 17.2 Å². The molecular formula is C25H33F4N5O3S. The number of nitrogens with zero attached hydrogens (tertiary/aromatic N) is 4. The van der Waals surface area contributed by atoms with E-state index < -0.39 is 24.9 Å². The first-order valence-corrected chi connectivity index (χ1v) is 13.7. The van der Waals surface area contributed by atoms with E-state index in [1.54, 1.807) is 6.20 Å². The number of nitrogens with one attached hydrogen (secondary N) is 1. The molecule has 0 aromatic carbocycles. The first-order valence-electron chi connectivity index (χ1n) is 12.9. The molecule has 0 radical (unpaired) electrons. The molecule has 0 spiro atoms. The fourth-order valence-electron chi connectivity index (χ4n) is 4.68. The fourth-order valence-corrected chi connectivity index (χ4v) is 5.65. The van der Waals surface area contributed by atoms with Crippen LogP contribution in [0.15, 0.2) is 12.4 Å². The Morgan fingerprint density at radius 1 is 1.18 bits per heavy atom. The molecule has 38 heavy (non-hydrogen) atoms. The van der Waals surface area contributed by atoms with Crippen molar-refractivity contribution in [2.24, 2.45) is 0 Å². The third kappa shape index (κ3) is 8.75. The highest BCUT2D eigenvalue weighted by molar-refractivity contribution is 7.13. The highest BCUT2D eigenvalue weighted by Gasteiger charge is 2.36. The lowest BCUT2D eigenvalue weighted by molar-refractivity contribution is -0.139. The number of ether oxygens (including phenoxy) is 2. The van der Waals surface area contributed by atoms with Crippen LogP contribution in [0.4, 0.5) is 17.6 Å². The van der Waals surface area contributed by atoms with Crippen molar-refractivity contribution in [1.82, 2.24) is 25.2 Å². The minimum absolute atomic E-state index is 0.0770. The number of fused-ring (bicyclic) bond motifs is 1. The Morgan fingerprint density at radius 2 is 1.95 bits per heavy atom. The van der Waals surface area contributed by atoms with E-state index in [1.165, 1.54) is 17.5 Å². The molecule has 13 heteroatoms. The number of amides is 1. The number of hydrogen-bond donors (Lipinski definition) is 1. The highest BCUT2D eigenvalue weighted by Crippen LogP contribution is 2.36. The second-order valence-electron chi connectivity index (χ2n) is 9.93. The Hall–Kier alpha value is -2.54. The quantitative estimate of drug-likeness (QED) is 0.437. The summed E-state index contributed by atoms with van der Waals surface area (Å²) in [6.07, 6.45) is 1.53. The van der Waals surface area contributed by atoms with E-state index in [1.807, 2.05) is 6.92 Å². The number of carbonyl (C=O) groups excluding carboxylic acids is 1. The maximum absolute atomic E-state index is 15.5. The highest BCUT2D eigenvalue weighted by atomic mass is 32.1. The monoisotopic (exact) mass is 559 g/mol. The molecule has 2 aromatic rings. The van der Waals surface area contributed by atoms with Gasteiger partial charge in [-0.2, -0.15) is 13.2 Å². The van der Waals surface area contributed by atoms with Crippen LogP contribution in [0.25, 0.3) is 0 Å². The van der Waals surface area contributed by atoms with Gasteiger partial charge in [-0.05, 0) is 45.4 Å². The van der Waals surface area contributed by atoms with Gasteiger partial charge in [0, 0.05) is 37.0 Å². The number of alkyl halides is 4. The predicted molar refractivity (Wildman–Crippen MR) is 133 cm³/mol. The molecule has 0 atom stereocenters. The first kappa shape index (κ1) is 28.5. The lowest BCUT2D eigenvalue weighted by atomic mass is 9.81. The summed E-state index contributed by atoms with van der Waals surface area (Å²) in [4.78, 5) is 28.0. The molecule has 2 aromatic heterocycles. The van der Waals surface area contributed by atoms with E-state index >= 15 is 4.39 Å². The third-order valence-electron chi connectivity index (χ3n) is 6.92. The predicted octanol–water partition coefficient (Wildman–Crippen LogP) is 4.21. The second kappa shape index (κ2) is 12.5. The molecular weight excluding hydrogens is 526 g/mol. The molecule has 1 fully saturated rings. The van der Waals surface area contributed by atoms with E-state index in [0.29, 0.717) is 45.1 Å². The largest absolute Gasteiger partial charge is 0.470 e. The van der Waals surface area contributed by atoms with Gasteiger partial charge in [-0.25, -0.2) is 14.4 Å². The zero-order chi connectivity index (χ0) is 27.2. The number of hydrogen-bond acceptors (Lipinski definition) is 8. The van der Waals surface area contributed by atoms with Crippen LogP contribution in [-0.4, -0.2) is 76.5 Å². The van der Waals surface area contributed by atoms with Gasteiger partial charge in [0.1, 0.15) is 5.67 Å². The number of halogens is 4. The summed E-state index contributed by atoms with van der Waals surface area (Å²) >= 11 is 1.30. The number of aryl methyl sites for hydroxylation is 1. The molecule has 0 unspecified atom stereocenters. The van der Waals surface area contributed by atoms with Crippen LogP contribution < -0.4 is 14.8 Å². The van der Waals surface area contributed by atoms with Gasteiger partial charge < -0.3 is 19.7 Å². The summed E-state index contributed by atoms with van der Waals surface area (Å²) < 4.78 is 63.0. The maximum Gasteiger partial charge on any atom is 0.392 e. The van der Waals surface area contributed by atoms with Crippen LogP contribution in [0.1, 0.15) is 54.8 Å². The molecule has 210 valence electrons. The molecule has 2 aliphatic rings. The van der Waals surface area contributed by atoms with Gasteiger partial charge in [-0.15, -0.1) is 0 Å². The van der Waals surface area contributed by atoms with Crippen LogP contribution in [0.2, 0.25) is 0 Å². The molecule has 1 aliphatic heterocycles. The number of thiazole rings is 1. The van der Waals surface area contributed by atoms with Crippen LogP contribution in [-0.2, 0) is 17.6 Å². The zero-order valence-corrected chi connectivity index (χ0v) is 22.2. The van der Waals surface area contributed by atoms with E-state index in [4.69, 9.17) is 9.47 Å². The van der Waals surface area contributed by atoms with Crippen LogP contribution >= 0.6 is 11.3 Å². The van der Waals surface area contributed by atoms with Crippen molar-refractivity contribution in [3.8, 4) is 11.1 Å². The van der Waals surface area contributed by atoms with E-state index in [0.717, 1.165) is 35.8 Å². The average Bonchev–Trinajstić information content (AvgIpc) is 3.15. The molecule has 1 saturated carbocycles. The van der Waals surface area contributed by atoms with Crippen molar-refractivity contribution in [3.63, 3.8) is 0 Å². The topological polar surface area (TPSA) is 89.5 Å². The van der Waals surface area contributed by atoms with E-state index in [2.05, 4.69) is 25.2 Å². The Morgan fingerprint density at radius 3 is 2.66 bits per heavy atom. The number of carbonyl (C=O) groups is 1. The molecule has 3 heterocycles. The smallest absolute Gasteiger partial charge is 0.392 e. The molecule has 1 amide bonds. The van der Waals surface area contributed by atoms with E-state index in [9.17, 15) is 18.0 Å². The zero-order valence-electron chi connectivity index (χ0n) is 21.4. The summed E-state index contributed by atoms with van der Waals surface area (Å²) in [5.74, 6) is 0.0227. The van der Waals surface area contributed by atoms with Crippen molar-refractivity contribution < 1.29 is 31.8 Å². The SMILES string of the molecule is Cc1cnc(OCC(=O)N[C@H]2CC[C@](F)(CCN3CCc4nc(OCCC(F)(F)F)sc4CC3)CC2)cn1.